The largest absolute Gasteiger partial charge is 0.383 e. The standard InChI is InChI=1S/C16H21FN2O3S/c1-10(8-22-2)18-15(20)13-9-23-14(16(21)19-13)7-11-5-3-4-6-12(11)17/h3-6,10,13-14H,7-9H2,1-2H3,(H,18,20)(H,19,21)/t10-,13-,14-/m0/s1. The zero-order chi connectivity index (χ0) is 16.8. The van der Waals surface area contributed by atoms with Crippen molar-refractivity contribution < 1.29 is 18.7 Å². The molecule has 2 amide bonds. The first-order valence-corrected chi connectivity index (χ1v) is 8.50. The first-order valence-electron chi connectivity index (χ1n) is 7.46. The van der Waals surface area contributed by atoms with Gasteiger partial charge in [-0.2, -0.15) is 0 Å². The maximum absolute atomic E-state index is 13.7. The number of hydrogen-bond acceptors (Lipinski definition) is 4. The molecule has 23 heavy (non-hydrogen) atoms. The van der Waals surface area contributed by atoms with Crippen LogP contribution in [0.5, 0.6) is 0 Å². The van der Waals surface area contributed by atoms with Gasteiger partial charge in [0, 0.05) is 18.9 Å². The van der Waals surface area contributed by atoms with Gasteiger partial charge in [-0.3, -0.25) is 9.59 Å². The Hall–Kier alpha value is -1.60. The summed E-state index contributed by atoms with van der Waals surface area (Å²) in [4.78, 5) is 24.3. The molecule has 1 saturated heterocycles. The van der Waals surface area contributed by atoms with Gasteiger partial charge in [-0.05, 0) is 25.0 Å². The van der Waals surface area contributed by atoms with Gasteiger partial charge in [-0.15, -0.1) is 11.8 Å². The monoisotopic (exact) mass is 340 g/mol. The molecular weight excluding hydrogens is 319 g/mol. The highest BCUT2D eigenvalue weighted by molar-refractivity contribution is 8.00. The number of amides is 2. The maximum atomic E-state index is 13.7. The fraction of sp³-hybridized carbons (Fsp3) is 0.500. The lowest BCUT2D eigenvalue weighted by Crippen LogP contribution is -2.56. The van der Waals surface area contributed by atoms with Crippen LogP contribution in [0.15, 0.2) is 24.3 Å². The molecule has 0 spiro atoms. The number of ether oxygens (including phenoxy) is 1. The van der Waals surface area contributed by atoms with Crippen molar-refractivity contribution in [2.75, 3.05) is 19.5 Å². The van der Waals surface area contributed by atoms with Crippen LogP contribution in [0, 0.1) is 5.82 Å². The average Bonchev–Trinajstić information content (AvgIpc) is 2.51. The molecule has 1 aromatic rings. The molecule has 2 rings (SSSR count). The molecule has 0 aromatic heterocycles. The lowest BCUT2D eigenvalue weighted by Gasteiger charge is -2.29. The van der Waals surface area contributed by atoms with Crippen molar-refractivity contribution in [2.24, 2.45) is 0 Å². The Labute approximate surface area is 139 Å². The Balaban J connectivity index is 1.88. The minimum atomic E-state index is -0.566. The Morgan fingerprint density at radius 1 is 1.52 bits per heavy atom. The molecule has 1 aliphatic rings. The first-order chi connectivity index (χ1) is 11.0. The number of carbonyl (C=O) groups excluding carboxylic acids is 2. The van der Waals surface area contributed by atoms with E-state index in [1.165, 1.54) is 17.8 Å². The van der Waals surface area contributed by atoms with E-state index in [4.69, 9.17) is 4.74 Å². The minimum Gasteiger partial charge on any atom is -0.383 e. The third kappa shape index (κ3) is 4.94. The number of carbonyl (C=O) groups is 2. The molecule has 1 aliphatic heterocycles. The highest BCUT2D eigenvalue weighted by atomic mass is 32.2. The van der Waals surface area contributed by atoms with Gasteiger partial charge in [0.1, 0.15) is 11.9 Å². The second kappa shape index (κ2) is 8.31. The summed E-state index contributed by atoms with van der Waals surface area (Å²) in [5.74, 6) is -0.297. The van der Waals surface area contributed by atoms with Gasteiger partial charge in [0.15, 0.2) is 0 Å². The molecule has 0 radical (unpaired) electrons. The van der Waals surface area contributed by atoms with Crippen molar-refractivity contribution in [3.05, 3.63) is 35.6 Å². The average molecular weight is 340 g/mol. The lowest BCUT2D eigenvalue weighted by atomic mass is 10.1. The summed E-state index contributed by atoms with van der Waals surface area (Å²) in [6, 6.07) is 5.74. The van der Waals surface area contributed by atoms with Crippen LogP contribution >= 0.6 is 11.8 Å². The number of rotatable bonds is 6. The molecule has 1 heterocycles. The number of methoxy groups -OCH3 is 1. The number of hydrogen-bond donors (Lipinski definition) is 2. The number of nitrogens with one attached hydrogen (secondary N) is 2. The quantitative estimate of drug-likeness (QED) is 0.814. The van der Waals surface area contributed by atoms with Crippen LogP contribution < -0.4 is 10.6 Å². The summed E-state index contributed by atoms with van der Waals surface area (Å²) in [7, 11) is 1.56. The predicted molar refractivity (Wildman–Crippen MR) is 87.8 cm³/mol. The van der Waals surface area contributed by atoms with Crippen molar-refractivity contribution in [3.8, 4) is 0 Å². The SMILES string of the molecule is COC[C@H](C)NC(=O)[C@@H]1CS[C@@H](Cc2ccccc2F)C(=O)N1. The number of halogens is 1. The third-order valence-electron chi connectivity index (χ3n) is 3.56. The van der Waals surface area contributed by atoms with Crippen LogP contribution in [0.4, 0.5) is 4.39 Å². The van der Waals surface area contributed by atoms with E-state index in [0.29, 0.717) is 24.3 Å². The van der Waals surface area contributed by atoms with Gasteiger partial charge in [0.25, 0.3) is 0 Å². The summed E-state index contributed by atoms with van der Waals surface area (Å²) >= 11 is 1.38. The second-order valence-electron chi connectivity index (χ2n) is 5.54. The molecule has 1 aromatic carbocycles. The highest BCUT2D eigenvalue weighted by Crippen LogP contribution is 2.23. The second-order valence-corrected chi connectivity index (χ2v) is 6.78. The van der Waals surface area contributed by atoms with Crippen LogP contribution in [0.1, 0.15) is 12.5 Å². The van der Waals surface area contributed by atoms with E-state index < -0.39 is 6.04 Å². The Bertz CT molecular complexity index is 570. The van der Waals surface area contributed by atoms with Crippen molar-refractivity contribution in [3.63, 3.8) is 0 Å². The first kappa shape index (κ1) is 17.7. The van der Waals surface area contributed by atoms with Gasteiger partial charge in [0.05, 0.1) is 11.9 Å². The summed E-state index contributed by atoms with van der Waals surface area (Å²) in [6.07, 6.45) is 0.317. The third-order valence-corrected chi connectivity index (χ3v) is 4.87. The molecule has 5 nitrogen and oxygen atoms in total. The Morgan fingerprint density at radius 3 is 2.91 bits per heavy atom. The van der Waals surface area contributed by atoms with E-state index >= 15 is 0 Å². The summed E-state index contributed by atoms with van der Waals surface area (Å²) in [6.45, 7) is 2.25. The summed E-state index contributed by atoms with van der Waals surface area (Å²) in [5.41, 5.74) is 0.511. The van der Waals surface area contributed by atoms with Gasteiger partial charge in [-0.1, -0.05) is 18.2 Å². The molecular formula is C16H21FN2O3S. The van der Waals surface area contributed by atoms with Crippen molar-refractivity contribution in [1.29, 1.82) is 0 Å². The maximum Gasteiger partial charge on any atom is 0.243 e. The summed E-state index contributed by atoms with van der Waals surface area (Å²) < 4.78 is 18.6. The smallest absolute Gasteiger partial charge is 0.243 e. The van der Waals surface area contributed by atoms with Gasteiger partial charge in [0.2, 0.25) is 11.8 Å². The molecule has 1 fully saturated rings. The zero-order valence-electron chi connectivity index (χ0n) is 13.2. The normalized spacial score (nSPS) is 22.3. The Morgan fingerprint density at radius 2 is 2.26 bits per heavy atom. The predicted octanol–water partition coefficient (Wildman–Crippen LogP) is 1.12. The molecule has 126 valence electrons. The van der Waals surface area contributed by atoms with E-state index in [-0.39, 0.29) is 28.9 Å². The van der Waals surface area contributed by atoms with Gasteiger partial charge >= 0.3 is 0 Å². The number of benzene rings is 1. The highest BCUT2D eigenvalue weighted by Gasteiger charge is 2.33. The lowest BCUT2D eigenvalue weighted by molar-refractivity contribution is -0.129. The number of thioether (sulfide) groups is 1. The molecule has 0 bridgehead atoms. The van der Waals surface area contributed by atoms with E-state index in [1.807, 2.05) is 6.92 Å². The van der Waals surface area contributed by atoms with E-state index in [9.17, 15) is 14.0 Å². The van der Waals surface area contributed by atoms with E-state index in [2.05, 4.69) is 10.6 Å². The van der Waals surface area contributed by atoms with E-state index in [0.717, 1.165) is 0 Å². The fourth-order valence-corrected chi connectivity index (χ4v) is 3.56. The van der Waals surface area contributed by atoms with Crippen LogP contribution in [0.2, 0.25) is 0 Å². The van der Waals surface area contributed by atoms with E-state index in [1.54, 1.807) is 25.3 Å². The zero-order valence-corrected chi connectivity index (χ0v) is 14.0. The van der Waals surface area contributed by atoms with Crippen molar-refractivity contribution in [1.82, 2.24) is 10.6 Å². The molecule has 0 unspecified atom stereocenters. The van der Waals surface area contributed by atoms with Crippen LogP contribution in [-0.2, 0) is 20.7 Å². The van der Waals surface area contributed by atoms with Crippen molar-refractivity contribution >= 4 is 23.6 Å². The van der Waals surface area contributed by atoms with Crippen molar-refractivity contribution in [2.45, 2.75) is 30.7 Å². The molecule has 7 heteroatoms. The molecule has 3 atom stereocenters. The Kier molecular flexibility index (Phi) is 6.41. The van der Waals surface area contributed by atoms with Crippen LogP contribution in [0.3, 0.4) is 0 Å². The minimum absolute atomic E-state index is 0.120. The van der Waals surface area contributed by atoms with Gasteiger partial charge < -0.3 is 15.4 Å². The molecule has 2 N–H and O–H groups in total. The molecule has 0 saturated carbocycles. The summed E-state index contributed by atoms with van der Waals surface area (Å²) in [5, 5.41) is 5.13. The molecule has 0 aliphatic carbocycles. The fourth-order valence-electron chi connectivity index (χ4n) is 2.39. The van der Waals surface area contributed by atoms with Crippen LogP contribution in [-0.4, -0.2) is 48.6 Å². The van der Waals surface area contributed by atoms with Gasteiger partial charge in [-0.25, -0.2) is 4.39 Å². The topological polar surface area (TPSA) is 67.4 Å². The van der Waals surface area contributed by atoms with Crippen LogP contribution in [0.25, 0.3) is 0 Å².